The van der Waals surface area contributed by atoms with Crippen molar-refractivity contribution >= 4 is 45.7 Å². The van der Waals surface area contributed by atoms with Crippen molar-refractivity contribution < 1.29 is 9.59 Å². The summed E-state index contributed by atoms with van der Waals surface area (Å²) in [4.78, 5) is 31.7. The van der Waals surface area contributed by atoms with Gasteiger partial charge in [-0.2, -0.15) is 0 Å². The molecule has 34 heavy (non-hydrogen) atoms. The molecule has 7 heteroatoms. The molecule has 0 fully saturated rings. The summed E-state index contributed by atoms with van der Waals surface area (Å²) in [5, 5.41) is 6.44. The molecule has 5 nitrogen and oxygen atoms in total. The molecule has 0 saturated carbocycles. The Kier molecular flexibility index (Phi) is 7.45. The monoisotopic (exact) mass is 487 g/mol. The zero-order chi connectivity index (χ0) is 24.1. The first-order valence-electron chi connectivity index (χ1n) is 10.8. The van der Waals surface area contributed by atoms with E-state index in [0.29, 0.717) is 16.4 Å². The van der Waals surface area contributed by atoms with Crippen LogP contribution in [0.5, 0.6) is 0 Å². The van der Waals surface area contributed by atoms with Crippen LogP contribution in [0.15, 0.2) is 77.7 Å². The van der Waals surface area contributed by atoms with E-state index >= 15 is 0 Å². The van der Waals surface area contributed by atoms with Crippen LogP contribution in [0.1, 0.15) is 26.4 Å². The number of anilines is 2. The number of aromatic nitrogens is 1. The van der Waals surface area contributed by atoms with Gasteiger partial charge >= 0.3 is 0 Å². The average molecular weight is 488 g/mol. The van der Waals surface area contributed by atoms with E-state index in [1.807, 2.05) is 68.4 Å². The summed E-state index contributed by atoms with van der Waals surface area (Å²) in [6.45, 7) is 5.97. The lowest BCUT2D eigenvalue weighted by Crippen LogP contribution is -2.14. The van der Waals surface area contributed by atoms with Gasteiger partial charge in [-0.15, -0.1) is 23.1 Å². The van der Waals surface area contributed by atoms with Crippen LogP contribution >= 0.6 is 23.1 Å². The van der Waals surface area contributed by atoms with E-state index < -0.39 is 0 Å². The summed E-state index contributed by atoms with van der Waals surface area (Å²) in [5.41, 5.74) is 5.38. The molecular formula is C27H25N3O2S2. The smallest absolute Gasteiger partial charge is 0.255 e. The van der Waals surface area contributed by atoms with Crippen LogP contribution in [0, 0.1) is 20.8 Å². The van der Waals surface area contributed by atoms with Gasteiger partial charge in [0, 0.05) is 26.6 Å². The molecule has 4 aromatic rings. The Morgan fingerprint density at radius 3 is 2.44 bits per heavy atom. The van der Waals surface area contributed by atoms with E-state index in [0.717, 1.165) is 26.6 Å². The van der Waals surface area contributed by atoms with Gasteiger partial charge in [0.1, 0.15) is 0 Å². The van der Waals surface area contributed by atoms with Gasteiger partial charge in [0.05, 0.1) is 11.4 Å². The maximum atomic E-state index is 12.6. The minimum atomic E-state index is -0.151. The second kappa shape index (κ2) is 10.7. The zero-order valence-electron chi connectivity index (χ0n) is 19.2. The van der Waals surface area contributed by atoms with Gasteiger partial charge < -0.3 is 10.6 Å². The van der Waals surface area contributed by atoms with Crippen molar-refractivity contribution in [3.63, 3.8) is 0 Å². The minimum Gasteiger partial charge on any atom is -0.322 e. The first kappa shape index (κ1) is 23.7. The van der Waals surface area contributed by atoms with Gasteiger partial charge in [0.15, 0.2) is 5.13 Å². The largest absolute Gasteiger partial charge is 0.322 e. The molecule has 0 bridgehead atoms. The maximum absolute atomic E-state index is 12.6. The molecule has 2 amide bonds. The summed E-state index contributed by atoms with van der Waals surface area (Å²) in [6.07, 6.45) is 0. The summed E-state index contributed by atoms with van der Waals surface area (Å²) in [6, 6.07) is 23.2. The Hall–Kier alpha value is -3.42. The Balaban J connectivity index is 1.35. The summed E-state index contributed by atoms with van der Waals surface area (Å²) >= 11 is 2.88. The molecule has 1 heterocycles. The van der Waals surface area contributed by atoms with E-state index in [4.69, 9.17) is 0 Å². The highest BCUT2D eigenvalue weighted by atomic mass is 32.2. The number of aryl methyl sites for hydroxylation is 3. The van der Waals surface area contributed by atoms with Crippen molar-refractivity contribution in [1.29, 1.82) is 0 Å². The van der Waals surface area contributed by atoms with Crippen LogP contribution in [-0.2, 0) is 4.79 Å². The molecule has 0 aliphatic carbocycles. The quantitative estimate of drug-likeness (QED) is 0.284. The molecule has 0 aliphatic rings. The van der Waals surface area contributed by atoms with E-state index in [-0.39, 0.29) is 17.6 Å². The molecule has 4 rings (SSSR count). The Morgan fingerprint density at radius 1 is 0.912 bits per heavy atom. The standard InChI is InChI=1S/C27H25N3O2S2/c1-17-11-13-20(14-12-17)25-19(3)34-27(30-25)29-24(31)16-33-22-9-6-8-21(15-22)28-26(32)23-10-5-4-7-18(23)2/h4-15H,16H2,1-3H3,(H,28,32)(H,29,30,31). The van der Waals surface area contributed by atoms with Gasteiger partial charge in [-0.25, -0.2) is 4.98 Å². The van der Waals surface area contributed by atoms with Gasteiger partial charge in [0.2, 0.25) is 5.91 Å². The fourth-order valence-corrected chi connectivity index (χ4v) is 5.03. The van der Waals surface area contributed by atoms with Crippen LogP contribution in [-0.4, -0.2) is 22.6 Å². The molecule has 3 aromatic carbocycles. The molecule has 0 atom stereocenters. The number of benzene rings is 3. The summed E-state index contributed by atoms with van der Waals surface area (Å²) < 4.78 is 0. The number of amides is 2. The third-order valence-electron chi connectivity index (χ3n) is 5.22. The van der Waals surface area contributed by atoms with Crippen molar-refractivity contribution in [2.45, 2.75) is 25.7 Å². The van der Waals surface area contributed by atoms with Crippen LogP contribution in [0.2, 0.25) is 0 Å². The van der Waals surface area contributed by atoms with Gasteiger partial charge in [0.25, 0.3) is 5.91 Å². The van der Waals surface area contributed by atoms with Crippen LogP contribution < -0.4 is 10.6 Å². The number of thioether (sulfide) groups is 1. The van der Waals surface area contributed by atoms with Crippen molar-refractivity contribution in [2.75, 3.05) is 16.4 Å². The van der Waals surface area contributed by atoms with Gasteiger partial charge in [-0.1, -0.05) is 54.1 Å². The Morgan fingerprint density at radius 2 is 1.68 bits per heavy atom. The molecule has 172 valence electrons. The van der Waals surface area contributed by atoms with Crippen molar-refractivity contribution in [2.24, 2.45) is 0 Å². The van der Waals surface area contributed by atoms with Crippen LogP contribution in [0.3, 0.4) is 0 Å². The van der Waals surface area contributed by atoms with Crippen molar-refractivity contribution in [3.05, 3.63) is 94.4 Å². The molecule has 0 saturated heterocycles. The van der Waals surface area contributed by atoms with Crippen LogP contribution in [0.25, 0.3) is 11.3 Å². The molecule has 0 unspecified atom stereocenters. The SMILES string of the molecule is Cc1ccc(-c2nc(NC(=O)CSc3cccc(NC(=O)c4ccccc4C)c3)sc2C)cc1. The highest BCUT2D eigenvalue weighted by Gasteiger charge is 2.13. The average Bonchev–Trinajstić information content (AvgIpc) is 3.18. The number of hydrogen-bond donors (Lipinski definition) is 2. The maximum Gasteiger partial charge on any atom is 0.255 e. The topological polar surface area (TPSA) is 71.1 Å². The number of nitrogens with zero attached hydrogens (tertiary/aromatic N) is 1. The second-order valence-electron chi connectivity index (χ2n) is 7.92. The highest BCUT2D eigenvalue weighted by molar-refractivity contribution is 8.00. The Bertz CT molecular complexity index is 1330. The fourth-order valence-electron chi connectivity index (χ4n) is 3.42. The third-order valence-corrected chi connectivity index (χ3v) is 7.10. The molecule has 0 radical (unpaired) electrons. The van der Waals surface area contributed by atoms with Gasteiger partial charge in [-0.05, 0) is 50.6 Å². The van der Waals surface area contributed by atoms with E-state index in [2.05, 4.69) is 34.7 Å². The molecule has 1 aromatic heterocycles. The van der Waals surface area contributed by atoms with Crippen LogP contribution in [0.4, 0.5) is 10.8 Å². The van der Waals surface area contributed by atoms with Crippen molar-refractivity contribution in [1.82, 2.24) is 4.98 Å². The normalized spacial score (nSPS) is 10.7. The number of carbonyl (C=O) groups excluding carboxylic acids is 2. The number of nitrogens with one attached hydrogen (secondary N) is 2. The lowest BCUT2D eigenvalue weighted by molar-refractivity contribution is -0.113. The Labute approximate surface area is 207 Å². The first-order chi connectivity index (χ1) is 16.4. The fraction of sp³-hybridized carbons (Fsp3) is 0.148. The number of thiazole rings is 1. The molecule has 0 spiro atoms. The molecule has 2 N–H and O–H groups in total. The highest BCUT2D eigenvalue weighted by Crippen LogP contribution is 2.31. The van der Waals surface area contributed by atoms with E-state index in [9.17, 15) is 9.59 Å². The lowest BCUT2D eigenvalue weighted by Gasteiger charge is -2.09. The molecule has 0 aliphatic heterocycles. The summed E-state index contributed by atoms with van der Waals surface area (Å²) in [5.74, 6) is -0.0293. The third kappa shape index (κ3) is 5.92. The van der Waals surface area contributed by atoms with Crippen molar-refractivity contribution in [3.8, 4) is 11.3 Å². The summed E-state index contributed by atoms with van der Waals surface area (Å²) in [7, 11) is 0. The molecular weight excluding hydrogens is 462 g/mol. The second-order valence-corrected chi connectivity index (χ2v) is 10.2. The first-order valence-corrected chi connectivity index (χ1v) is 12.6. The number of carbonyl (C=O) groups is 2. The van der Waals surface area contributed by atoms with Gasteiger partial charge in [-0.3, -0.25) is 9.59 Å². The lowest BCUT2D eigenvalue weighted by atomic mass is 10.1. The number of hydrogen-bond acceptors (Lipinski definition) is 5. The predicted octanol–water partition coefficient (Wildman–Crippen LogP) is 6.72. The number of rotatable bonds is 7. The zero-order valence-corrected chi connectivity index (χ0v) is 20.8. The van der Waals surface area contributed by atoms with E-state index in [1.165, 1.54) is 28.7 Å². The van der Waals surface area contributed by atoms with E-state index in [1.54, 1.807) is 6.07 Å². The minimum absolute atomic E-state index is 0.122. The predicted molar refractivity (Wildman–Crippen MR) is 142 cm³/mol.